The van der Waals surface area contributed by atoms with Gasteiger partial charge in [-0.05, 0) is 12.1 Å². The molecule has 7 heteroatoms. The van der Waals surface area contributed by atoms with Crippen molar-refractivity contribution in [3.8, 4) is 0 Å². The van der Waals surface area contributed by atoms with E-state index < -0.39 is 28.4 Å². The summed E-state index contributed by atoms with van der Waals surface area (Å²) in [6.45, 7) is 0.826. The Kier molecular flexibility index (Phi) is 3.37. The molecule has 0 saturated carbocycles. The maximum atomic E-state index is 10.6. The summed E-state index contributed by atoms with van der Waals surface area (Å²) in [4.78, 5) is 19.8. The SMILES string of the molecule is C[C@H]([C@@H](C[N+](=O)[O-])c1ccco1)[N+](=O)[O-]. The van der Waals surface area contributed by atoms with Crippen molar-refractivity contribution in [2.75, 3.05) is 6.54 Å². The van der Waals surface area contributed by atoms with Crippen LogP contribution in [0.25, 0.3) is 0 Å². The molecule has 15 heavy (non-hydrogen) atoms. The Labute approximate surface area is 85.0 Å². The number of furan rings is 1. The first kappa shape index (κ1) is 11.2. The Balaban J connectivity index is 2.88. The molecule has 0 aliphatic rings. The Morgan fingerprint density at radius 1 is 1.47 bits per heavy atom. The predicted molar refractivity (Wildman–Crippen MR) is 49.8 cm³/mol. The van der Waals surface area contributed by atoms with Crippen molar-refractivity contribution >= 4 is 0 Å². The summed E-state index contributed by atoms with van der Waals surface area (Å²) in [5.41, 5.74) is 0. The Morgan fingerprint density at radius 3 is 2.53 bits per heavy atom. The fourth-order valence-corrected chi connectivity index (χ4v) is 1.29. The average Bonchev–Trinajstić information content (AvgIpc) is 2.65. The molecule has 0 aliphatic carbocycles. The maximum absolute atomic E-state index is 10.6. The van der Waals surface area contributed by atoms with Crippen LogP contribution in [-0.2, 0) is 0 Å². The summed E-state index contributed by atoms with van der Waals surface area (Å²) in [5, 5.41) is 20.9. The van der Waals surface area contributed by atoms with Crippen molar-refractivity contribution in [3.63, 3.8) is 0 Å². The molecule has 0 aliphatic heterocycles. The lowest BCUT2D eigenvalue weighted by Gasteiger charge is -2.11. The lowest BCUT2D eigenvalue weighted by molar-refractivity contribution is -0.543. The molecule has 0 unspecified atom stereocenters. The summed E-state index contributed by atoms with van der Waals surface area (Å²) in [7, 11) is 0. The minimum Gasteiger partial charge on any atom is -0.469 e. The second-order valence-electron chi connectivity index (χ2n) is 3.16. The van der Waals surface area contributed by atoms with Crippen LogP contribution in [0.3, 0.4) is 0 Å². The lowest BCUT2D eigenvalue weighted by atomic mass is 9.99. The number of hydrogen-bond acceptors (Lipinski definition) is 5. The van der Waals surface area contributed by atoms with Crippen LogP contribution in [0.5, 0.6) is 0 Å². The minimum absolute atomic E-state index is 0.274. The first-order valence-corrected chi connectivity index (χ1v) is 4.31. The third kappa shape index (κ3) is 2.76. The van der Waals surface area contributed by atoms with Gasteiger partial charge in [0.05, 0.1) is 6.26 Å². The summed E-state index contributed by atoms with van der Waals surface area (Å²) >= 11 is 0. The highest BCUT2D eigenvalue weighted by molar-refractivity contribution is 5.06. The summed E-state index contributed by atoms with van der Waals surface area (Å²) < 4.78 is 4.96. The zero-order chi connectivity index (χ0) is 11.4. The van der Waals surface area contributed by atoms with Gasteiger partial charge in [0.15, 0.2) is 0 Å². The van der Waals surface area contributed by atoms with Crippen LogP contribution in [0.2, 0.25) is 0 Å². The van der Waals surface area contributed by atoms with Gasteiger partial charge in [-0.1, -0.05) is 0 Å². The van der Waals surface area contributed by atoms with E-state index >= 15 is 0 Å². The van der Waals surface area contributed by atoms with Gasteiger partial charge < -0.3 is 4.42 Å². The molecule has 1 aromatic rings. The van der Waals surface area contributed by atoms with E-state index in [4.69, 9.17) is 4.42 Å². The molecule has 0 fully saturated rings. The van der Waals surface area contributed by atoms with Gasteiger partial charge >= 0.3 is 0 Å². The van der Waals surface area contributed by atoms with Crippen molar-refractivity contribution in [3.05, 3.63) is 44.4 Å². The molecule has 0 saturated heterocycles. The summed E-state index contributed by atoms with van der Waals surface area (Å²) in [6, 6.07) is 2.02. The highest BCUT2D eigenvalue weighted by Gasteiger charge is 2.34. The first-order chi connectivity index (χ1) is 7.02. The van der Waals surface area contributed by atoms with Gasteiger partial charge in [-0.25, -0.2) is 0 Å². The van der Waals surface area contributed by atoms with E-state index in [0.717, 1.165) is 0 Å². The van der Waals surface area contributed by atoms with Crippen LogP contribution in [0.15, 0.2) is 22.8 Å². The average molecular weight is 214 g/mol. The quantitative estimate of drug-likeness (QED) is 0.543. The second kappa shape index (κ2) is 4.54. The van der Waals surface area contributed by atoms with Gasteiger partial charge in [0.2, 0.25) is 12.6 Å². The van der Waals surface area contributed by atoms with Gasteiger partial charge in [-0.15, -0.1) is 0 Å². The number of rotatable bonds is 5. The third-order valence-corrected chi connectivity index (χ3v) is 2.17. The molecule has 0 spiro atoms. The Morgan fingerprint density at radius 2 is 2.13 bits per heavy atom. The molecule has 0 amide bonds. The van der Waals surface area contributed by atoms with Gasteiger partial charge in [-0.3, -0.25) is 20.2 Å². The number of nitro groups is 2. The maximum Gasteiger partial charge on any atom is 0.226 e. The molecular formula is C8H10N2O5. The fraction of sp³-hybridized carbons (Fsp3) is 0.500. The molecular weight excluding hydrogens is 204 g/mol. The van der Waals surface area contributed by atoms with Crippen molar-refractivity contribution in [2.45, 2.75) is 18.9 Å². The highest BCUT2D eigenvalue weighted by atomic mass is 16.6. The van der Waals surface area contributed by atoms with Gasteiger partial charge in [0.1, 0.15) is 11.7 Å². The topological polar surface area (TPSA) is 99.4 Å². The van der Waals surface area contributed by atoms with E-state index in [1.54, 1.807) is 6.07 Å². The summed E-state index contributed by atoms with van der Waals surface area (Å²) in [5.74, 6) is -0.555. The van der Waals surface area contributed by atoms with Crippen LogP contribution >= 0.6 is 0 Å². The molecule has 0 bridgehead atoms. The molecule has 1 aromatic heterocycles. The van der Waals surface area contributed by atoms with Gasteiger partial charge in [0, 0.05) is 16.8 Å². The summed E-state index contributed by atoms with van der Waals surface area (Å²) in [6.07, 6.45) is 1.34. The molecule has 2 atom stereocenters. The second-order valence-corrected chi connectivity index (χ2v) is 3.16. The molecule has 0 radical (unpaired) electrons. The molecule has 1 rings (SSSR count). The number of hydrogen-bond donors (Lipinski definition) is 0. The molecule has 1 heterocycles. The molecule has 0 aromatic carbocycles. The zero-order valence-electron chi connectivity index (χ0n) is 8.03. The predicted octanol–water partition coefficient (Wildman–Crippen LogP) is 1.31. The van der Waals surface area contributed by atoms with E-state index in [9.17, 15) is 20.2 Å². The van der Waals surface area contributed by atoms with Crippen molar-refractivity contribution in [2.24, 2.45) is 0 Å². The normalized spacial score (nSPS) is 14.5. The smallest absolute Gasteiger partial charge is 0.226 e. The monoisotopic (exact) mass is 214 g/mol. The van der Waals surface area contributed by atoms with Crippen LogP contribution < -0.4 is 0 Å². The van der Waals surface area contributed by atoms with E-state index in [2.05, 4.69) is 0 Å². The van der Waals surface area contributed by atoms with E-state index in [1.807, 2.05) is 0 Å². The van der Waals surface area contributed by atoms with Crippen molar-refractivity contribution < 1.29 is 14.3 Å². The van der Waals surface area contributed by atoms with E-state index in [1.165, 1.54) is 19.3 Å². The molecule has 0 N–H and O–H groups in total. The minimum atomic E-state index is -1.04. The number of nitrogens with zero attached hydrogens (tertiary/aromatic N) is 2. The van der Waals surface area contributed by atoms with Gasteiger partial charge in [-0.2, -0.15) is 0 Å². The van der Waals surface area contributed by atoms with E-state index in [0.29, 0.717) is 0 Å². The first-order valence-electron chi connectivity index (χ1n) is 4.31. The Bertz CT molecular complexity index is 348. The standard InChI is InChI=1S/C8H10N2O5/c1-6(10(13)14)7(5-9(11)12)8-3-2-4-15-8/h2-4,6-7H,5H2,1H3/t6-,7-/m1/s1. The van der Waals surface area contributed by atoms with Crippen LogP contribution in [0.4, 0.5) is 0 Å². The zero-order valence-corrected chi connectivity index (χ0v) is 8.03. The van der Waals surface area contributed by atoms with Crippen LogP contribution in [-0.4, -0.2) is 22.4 Å². The van der Waals surface area contributed by atoms with Crippen molar-refractivity contribution in [1.29, 1.82) is 0 Å². The van der Waals surface area contributed by atoms with Crippen LogP contribution in [0.1, 0.15) is 18.6 Å². The molecule has 7 nitrogen and oxygen atoms in total. The largest absolute Gasteiger partial charge is 0.469 e. The Hall–Kier alpha value is -1.92. The van der Waals surface area contributed by atoms with Crippen LogP contribution in [0, 0.1) is 20.2 Å². The lowest BCUT2D eigenvalue weighted by Crippen LogP contribution is -2.29. The third-order valence-electron chi connectivity index (χ3n) is 2.17. The molecule has 82 valence electrons. The fourth-order valence-electron chi connectivity index (χ4n) is 1.29. The van der Waals surface area contributed by atoms with E-state index in [-0.39, 0.29) is 5.76 Å². The van der Waals surface area contributed by atoms with Gasteiger partial charge in [0.25, 0.3) is 0 Å². The van der Waals surface area contributed by atoms with Crippen molar-refractivity contribution in [1.82, 2.24) is 0 Å². The highest BCUT2D eigenvalue weighted by Crippen LogP contribution is 2.22.